The van der Waals surface area contributed by atoms with E-state index in [-0.39, 0.29) is 30.0 Å². The first kappa shape index (κ1) is 21.5. The zero-order chi connectivity index (χ0) is 21.8. The predicted octanol–water partition coefficient (Wildman–Crippen LogP) is 3.61. The fraction of sp³-hybridized carbons (Fsp3) is 0.529. The maximum absolute atomic E-state index is 14.8. The molecule has 0 amide bonds. The van der Waals surface area contributed by atoms with Crippen LogP contribution < -0.4 is 4.74 Å². The van der Waals surface area contributed by atoms with Gasteiger partial charge in [-0.1, -0.05) is 5.16 Å². The number of fused-ring (bicyclic) bond motifs is 1. The van der Waals surface area contributed by atoms with Crippen LogP contribution in [0.3, 0.4) is 0 Å². The monoisotopic (exact) mass is 437 g/mol. The summed E-state index contributed by atoms with van der Waals surface area (Å²) in [5, 5.41) is 3.23. The van der Waals surface area contributed by atoms with Crippen molar-refractivity contribution >= 4 is 10.0 Å². The third-order valence-corrected chi connectivity index (χ3v) is 7.10. The average Bonchev–Trinajstić information content (AvgIpc) is 3.01. The number of hydrogen-bond acceptors (Lipinski definition) is 6. The van der Waals surface area contributed by atoms with Crippen molar-refractivity contribution in [1.82, 2.24) is 14.4 Å². The molecule has 0 unspecified atom stereocenters. The normalized spacial score (nSPS) is 18.8. The molecule has 1 aliphatic heterocycles. The third-order valence-electron chi connectivity index (χ3n) is 4.45. The molecule has 1 aromatic carbocycles. The molecule has 12 heteroatoms. The Hall–Kier alpha value is -2.21. The number of aromatic nitrogens is 2. The molecule has 2 heterocycles. The van der Waals surface area contributed by atoms with Crippen LogP contribution in [0.2, 0.25) is 0 Å². The molecular formula is C17H19F4N3O4S. The minimum absolute atomic E-state index is 0.0109. The van der Waals surface area contributed by atoms with E-state index in [1.54, 1.807) is 6.92 Å². The van der Waals surface area contributed by atoms with Crippen LogP contribution in [0.4, 0.5) is 17.6 Å². The number of rotatable bonds is 2. The summed E-state index contributed by atoms with van der Waals surface area (Å²) in [6, 6.07) is 1.60. The molecule has 0 radical (unpaired) electrons. The van der Waals surface area contributed by atoms with Gasteiger partial charge in [-0.25, -0.2) is 12.8 Å². The average molecular weight is 437 g/mol. The quantitative estimate of drug-likeness (QED) is 0.668. The second kappa shape index (κ2) is 6.94. The van der Waals surface area contributed by atoms with Crippen molar-refractivity contribution in [2.24, 2.45) is 0 Å². The molecule has 0 aliphatic carbocycles. The Balaban J connectivity index is 2.02. The Labute approximate surface area is 164 Å². The maximum atomic E-state index is 14.8. The van der Waals surface area contributed by atoms with E-state index in [9.17, 15) is 26.0 Å². The highest BCUT2D eigenvalue weighted by Crippen LogP contribution is 2.36. The Morgan fingerprint density at radius 3 is 2.41 bits per heavy atom. The summed E-state index contributed by atoms with van der Waals surface area (Å²) >= 11 is 0. The van der Waals surface area contributed by atoms with Gasteiger partial charge < -0.3 is 9.26 Å². The van der Waals surface area contributed by atoms with Gasteiger partial charge in [0.25, 0.3) is 0 Å². The Morgan fingerprint density at radius 2 is 1.86 bits per heavy atom. The van der Waals surface area contributed by atoms with Crippen LogP contribution in [-0.4, -0.2) is 40.3 Å². The molecule has 0 bridgehead atoms. The molecule has 7 nitrogen and oxygen atoms in total. The van der Waals surface area contributed by atoms with Crippen molar-refractivity contribution in [3.63, 3.8) is 0 Å². The molecular weight excluding hydrogens is 418 g/mol. The highest BCUT2D eigenvalue weighted by atomic mass is 32.2. The standard InChI is InChI=1S/C17H19F4N3O4S/c1-9-8-27-13-6-10(14-22-15(28-23-14)17(19,20)21)5-12(18)11(13)7-24(9)29(25,26)16(2,3)4/h5-6,9H,7-8H2,1-4H3/t9-/m0/s1. The Kier molecular flexibility index (Phi) is 5.14. The molecule has 0 spiro atoms. The molecule has 29 heavy (non-hydrogen) atoms. The second-order valence-corrected chi connectivity index (χ2v) is 10.3. The molecule has 0 N–H and O–H groups in total. The van der Waals surface area contributed by atoms with Crippen LogP contribution in [0.5, 0.6) is 5.75 Å². The van der Waals surface area contributed by atoms with Crippen molar-refractivity contribution in [2.45, 2.75) is 51.2 Å². The van der Waals surface area contributed by atoms with Crippen molar-refractivity contribution in [3.8, 4) is 17.1 Å². The lowest BCUT2D eigenvalue weighted by Crippen LogP contribution is -2.47. The Morgan fingerprint density at radius 1 is 1.21 bits per heavy atom. The van der Waals surface area contributed by atoms with Crippen molar-refractivity contribution in [3.05, 3.63) is 29.4 Å². The number of nitrogens with zero attached hydrogens (tertiary/aromatic N) is 3. The summed E-state index contributed by atoms with van der Waals surface area (Å²) in [6.07, 6.45) is -4.83. The van der Waals surface area contributed by atoms with E-state index >= 15 is 0 Å². The van der Waals surface area contributed by atoms with E-state index in [0.717, 1.165) is 10.4 Å². The lowest BCUT2D eigenvalue weighted by molar-refractivity contribution is -0.159. The number of sulfonamides is 1. The molecule has 1 aliphatic rings. The van der Waals surface area contributed by atoms with E-state index in [2.05, 4.69) is 14.7 Å². The fourth-order valence-electron chi connectivity index (χ4n) is 2.76. The topological polar surface area (TPSA) is 85.5 Å². The van der Waals surface area contributed by atoms with Gasteiger partial charge in [0.15, 0.2) is 0 Å². The highest BCUT2D eigenvalue weighted by Gasteiger charge is 2.41. The summed E-state index contributed by atoms with van der Waals surface area (Å²) in [5.74, 6) is -2.85. The summed E-state index contributed by atoms with van der Waals surface area (Å²) in [6.45, 7) is 5.90. The lowest BCUT2D eigenvalue weighted by Gasteiger charge is -2.32. The minimum Gasteiger partial charge on any atom is -0.491 e. The van der Waals surface area contributed by atoms with Gasteiger partial charge in [0, 0.05) is 17.7 Å². The van der Waals surface area contributed by atoms with Gasteiger partial charge in [0.1, 0.15) is 18.2 Å². The zero-order valence-electron chi connectivity index (χ0n) is 16.0. The smallest absolute Gasteiger partial charge is 0.471 e. The number of benzene rings is 1. The molecule has 1 aromatic heterocycles. The summed E-state index contributed by atoms with van der Waals surface area (Å²) in [7, 11) is -3.78. The number of alkyl halides is 3. The van der Waals surface area contributed by atoms with Crippen LogP contribution in [0.25, 0.3) is 11.4 Å². The molecule has 0 fully saturated rings. The lowest BCUT2D eigenvalue weighted by atomic mass is 10.1. The summed E-state index contributed by atoms with van der Waals surface area (Å²) < 4.78 is 88.4. The number of halogens is 4. The number of hydrogen-bond donors (Lipinski definition) is 0. The SMILES string of the molecule is C[C@H]1COc2cc(-c3noc(C(F)(F)F)n3)cc(F)c2CN1S(=O)(=O)C(C)(C)C. The molecule has 2 aromatic rings. The summed E-state index contributed by atoms with van der Waals surface area (Å²) in [5.41, 5.74) is -0.106. The molecule has 3 rings (SSSR count). The van der Waals surface area contributed by atoms with Gasteiger partial charge in [-0.3, -0.25) is 0 Å². The van der Waals surface area contributed by atoms with E-state index in [0.29, 0.717) is 0 Å². The zero-order valence-corrected chi connectivity index (χ0v) is 16.9. The molecule has 1 atom stereocenters. The maximum Gasteiger partial charge on any atom is 0.471 e. The van der Waals surface area contributed by atoms with Crippen LogP contribution in [0.15, 0.2) is 16.7 Å². The predicted molar refractivity (Wildman–Crippen MR) is 93.9 cm³/mol. The van der Waals surface area contributed by atoms with E-state index in [1.165, 1.54) is 26.8 Å². The molecule has 0 saturated carbocycles. The first-order chi connectivity index (χ1) is 13.2. The van der Waals surface area contributed by atoms with E-state index in [4.69, 9.17) is 4.74 Å². The van der Waals surface area contributed by atoms with Gasteiger partial charge in [-0.05, 0) is 39.8 Å². The van der Waals surface area contributed by atoms with E-state index < -0.39 is 44.5 Å². The van der Waals surface area contributed by atoms with Crippen LogP contribution in [0.1, 0.15) is 39.1 Å². The number of ether oxygens (including phenoxy) is 1. The van der Waals surface area contributed by atoms with Crippen molar-refractivity contribution in [2.75, 3.05) is 6.61 Å². The van der Waals surface area contributed by atoms with Crippen LogP contribution in [-0.2, 0) is 22.7 Å². The highest BCUT2D eigenvalue weighted by molar-refractivity contribution is 7.90. The largest absolute Gasteiger partial charge is 0.491 e. The fourth-order valence-corrected chi connectivity index (χ4v) is 4.29. The van der Waals surface area contributed by atoms with Crippen molar-refractivity contribution in [1.29, 1.82) is 0 Å². The van der Waals surface area contributed by atoms with Crippen LogP contribution in [0, 0.1) is 5.82 Å². The second-order valence-electron chi connectivity index (χ2n) is 7.68. The molecule has 160 valence electrons. The van der Waals surface area contributed by atoms with E-state index in [1.807, 2.05) is 0 Å². The Bertz CT molecular complexity index is 1030. The van der Waals surface area contributed by atoms with Crippen molar-refractivity contribution < 1.29 is 35.2 Å². The molecule has 0 saturated heterocycles. The minimum atomic E-state index is -4.83. The van der Waals surface area contributed by atoms with Gasteiger partial charge in [-0.15, -0.1) is 0 Å². The third kappa shape index (κ3) is 3.95. The van der Waals surface area contributed by atoms with Crippen LogP contribution >= 0.6 is 0 Å². The first-order valence-electron chi connectivity index (χ1n) is 8.59. The van der Waals surface area contributed by atoms with Gasteiger partial charge in [0.2, 0.25) is 15.8 Å². The first-order valence-corrected chi connectivity index (χ1v) is 10.0. The van der Waals surface area contributed by atoms with Gasteiger partial charge >= 0.3 is 12.1 Å². The van der Waals surface area contributed by atoms with Gasteiger partial charge in [-0.2, -0.15) is 22.5 Å². The summed E-state index contributed by atoms with van der Waals surface area (Å²) in [4.78, 5) is 3.24. The van der Waals surface area contributed by atoms with Gasteiger partial charge in [0.05, 0.1) is 10.8 Å².